The van der Waals surface area contributed by atoms with Crippen LogP contribution < -0.4 is 5.32 Å². The highest BCUT2D eigenvalue weighted by Gasteiger charge is 2.17. The van der Waals surface area contributed by atoms with Crippen molar-refractivity contribution >= 4 is 12.0 Å². The maximum atomic E-state index is 13.5. The molecule has 1 aliphatic heterocycles. The Bertz CT molecular complexity index is 557. The Hall–Kier alpha value is -2.19. The molecule has 0 unspecified atom stereocenters. The third kappa shape index (κ3) is 3.65. The summed E-state index contributed by atoms with van der Waals surface area (Å²) >= 11 is 0. The lowest BCUT2D eigenvalue weighted by Crippen LogP contribution is -2.32. The van der Waals surface area contributed by atoms with Gasteiger partial charge in [-0.15, -0.1) is 0 Å². The van der Waals surface area contributed by atoms with Crippen molar-refractivity contribution in [2.24, 2.45) is 0 Å². The lowest BCUT2D eigenvalue weighted by Gasteiger charge is -2.10. The number of ether oxygens (including phenoxy) is 1. The molecule has 2 rings (SSSR count). The first kappa shape index (κ1) is 14.2. The van der Waals surface area contributed by atoms with Gasteiger partial charge in [0.2, 0.25) is 0 Å². The predicted octanol–water partition coefficient (Wildman–Crippen LogP) is 2.03. The molecule has 4 nitrogen and oxygen atoms in total. The molecular formula is C15H15FN2O2. The summed E-state index contributed by atoms with van der Waals surface area (Å²) in [5, 5.41) is 11.6. The second-order valence-electron chi connectivity index (χ2n) is 4.54. The molecule has 0 bridgehead atoms. The van der Waals surface area contributed by atoms with Crippen molar-refractivity contribution in [3.8, 4) is 6.07 Å². The molecule has 20 heavy (non-hydrogen) atoms. The van der Waals surface area contributed by atoms with Gasteiger partial charge in [-0.3, -0.25) is 4.79 Å². The van der Waals surface area contributed by atoms with Crippen molar-refractivity contribution in [2.45, 2.75) is 18.9 Å². The van der Waals surface area contributed by atoms with Crippen molar-refractivity contribution < 1.29 is 13.9 Å². The molecule has 0 spiro atoms. The quantitative estimate of drug-likeness (QED) is 0.675. The van der Waals surface area contributed by atoms with Crippen LogP contribution in [0.1, 0.15) is 18.4 Å². The molecule has 0 aliphatic carbocycles. The van der Waals surface area contributed by atoms with Crippen molar-refractivity contribution in [2.75, 3.05) is 13.2 Å². The lowest BCUT2D eigenvalue weighted by molar-refractivity contribution is -0.117. The molecule has 1 heterocycles. The summed E-state index contributed by atoms with van der Waals surface area (Å²) in [5.41, 5.74) is 0.101. The number of rotatable bonds is 4. The summed E-state index contributed by atoms with van der Waals surface area (Å²) < 4.78 is 18.9. The molecular weight excluding hydrogens is 259 g/mol. The monoisotopic (exact) mass is 274 g/mol. The topological polar surface area (TPSA) is 62.1 Å². The van der Waals surface area contributed by atoms with E-state index in [1.54, 1.807) is 18.2 Å². The second kappa shape index (κ2) is 6.83. The van der Waals surface area contributed by atoms with E-state index in [2.05, 4.69) is 5.32 Å². The average Bonchev–Trinajstić information content (AvgIpc) is 2.97. The second-order valence-corrected chi connectivity index (χ2v) is 4.54. The summed E-state index contributed by atoms with van der Waals surface area (Å²) in [4.78, 5) is 11.9. The van der Waals surface area contributed by atoms with Crippen LogP contribution in [0.4, 0.5) is 4.39 Å². The van der Waals surface area contributed by atoms with Crippen molar-refractivity contribution in [1.82, 2.24) is 5.32 Å². The molecule has 5 heteroatoms. The lowest BCUT2D eigenvalue weighted by atomic mass is 10.1. The summed E-state index contributed by atoms with van der Waals surface area (Å²) in [7, 11) is 0. The summed E-state index contributed by atoms with van der Waals surface area (Å²) in [6, 6.07) is 7.79. The standard InChI is InChI=1S/C15H15FN2O2/c16-14-6-2-1-4-11(14)8-12(9-17)15(19)18-10-13-5-3-7-20-13/h1-2,4,6,8,13H,3,5,7,10H2,(H,18,19)/b12-8+/t13-/m1/s1. The smallest absolute Gasteiger partial charge is 0.262 e. The fourth-order valence-corrected chi connectivity index (χ4v) is 2.00. The molecule has 0 radical (unpaired) electrons. The number of carbonyl (C=O) groups excluding carboxylic acids is 1. The molecule has 1 fully saturated rings. The maximum absolute atomic E-state index is 13.5. The molecule has 1 atom stereocenters. The van der Waals surface area contributed by atoms with E-state index >= 15 is 0 Å². The van der Waals surface area contributed by atoms with E-state index in [1.807, 2.05) is 0 Å². The third-order valence-corrected chi connectivity index (χ3v) is 3.08. The largest absolute Gasteiger partial charge is 0.376 e. The Kier molecular flexibility index (Phi) is 4.85. The van der Waals surface area contributed by atoms with E-state index in [1.165, 1.54) is 18.2 Å². The molecule has 1 aromatic rings. The van der Waals surface area contributed by atoms with Crippen LogP contribution in [0, 0.1) is 17.1 Å². The number of amides is 1. The normalized spacial score (nSPS) is 18.6. The number of benzene rings is 1. The summed E-state index contributed by atoms with van der Waals surface area (Å²) in [5.74, 6) is -0.974. The van der Waals surface area contributed by atoms with Gasteiger partial charge in [0.25, 0.3) is 5.91 Å². The van der Waals surface area contributed by atoms with Gasteiger partial charge >= 0.3 is 0 Å². The van der Waals surface area contributed by atoms with Crippen LogP contribution in [0.15, 0.2) is 29.8 Å². The van der Waals surface area contributed by atoms with Gasteiger partial charge in [0.1, 0.15) is 17.5 Å². The third-order valence-electron chi connectivity index (χ3n) is 3.08. The fraction of sp³-hybridized carbons (Fsp3) is 0.333. The van der Waals surface area contributed by atoms with Gasteiger partial charge in [0.05, 0.1) is 6.10 Å². The number of halogens is 1. The van der Waals surface area contributed by atoms with E-state index in [0.29, 0.717) is 13.2 Å². The Morgan fingerprint density at radius 2 is 2.35 bits per heavy atom. The molecule has 1 saturated heterocycles. The molecule has 1 amide bonds. The van der Waals surface area contributed by atoms with Gasteiger partial charge in [0.15, 0.2) is 0 Å². The summed E-state index contributed by atoms with van der Waals surface area (Å²) in [6.45, 7) is 1.08. The number of nitrogens with one attached hydrogen (secondary N) is 1. The maximum Gasteiger partial charge on any atom is 0.262 e. The molecule has 1 aromatic carbocycles. The van der Waals surface area contributed by atoms with Crippen LogP contribution in [0.3, 0.4) is 0 Å². The van der Waals surface area contributed by atoms with Crippen molar-refractivity contribution in [1.29, 1.82) is 5.26 Å². The minimum absolute atomic E-state index is 0.00681. The predicted molar refractivity (Wildman–Crippen MR) is 72.0 cm³/mol. The Morgan fingerprint density at radius 1 is 1.55 bits per heavy atom. The first-order valence-electron chi connectivity index (χ1n) is 6.47. The number of nitrogens with zero attached hydrogens (tertiary/aromatic N) is 1. The molecule has 1 N–H and O–H groups in total. The molecule has 104 valence electrons. The Morgan fingerprint density at radius 3 is 3.00 bits per heavy atom. The zero-order valence-electron chi connectivity index (χ0n) is 10.9. The van der Waals surface area contributed by atoms with Gasteiger partial charge in [-0.05, 0) is 25.0 Å². The number of hydrogen-bond acceptors (Lipinski definition) is 3. The van der Waals surface area contributed by atoms with Crippen LogP contribution in [-0.4, -0.2) is 25.2 Å². The van der Waals surface area contributed by atoms with E-state index in [0.717, 1.165) is 12.8 Å². The molecule has 0 aromatic heterocycles. The van der Waals surface area contributed by atoms with Crippen LogP contribution in [-0.2, 0) is 9.53 Å². The van der Waals surface area contributed by atoms with E-state index in [9.17, 15) is 9.18 Å². The zero-order chi connectivity index (χ0) is 14.4. The van der Waals surface area contributed by atoms with Gasteiger partial charge in [0, 0.05) is 18.7 Å². The average molecular weight is 274 g/mol. The van der Waals surface area contributed by atoms with Crippen molar-refractivity contribution in [3.63, 3.8) is 0 Å². The SMILES string of the molecule is N#C/C(=C\c1ccccc1F)C(=O)NC[C@H]1CCCO1. The van der Waals surface area contributed by atoms with Crippen LogP contribution in [0.25, 0.3) is 6.08 Å². The minimum Gasteiger partial charge on any atom is -0.376 e. The highest BCUT2D eigenvalue weighted by atomic mass is 19.1. The van der Waals surface area contributed by atoms with Crippen LogP contribution >= 0.6 is 0 Å². The van der Waals surface area contributed by atoms with E-state index in [-0.39, 0.29) is 17.2 Å². The van der Waals surface area contributed by atoms with Gasteiger partial charge < -0.3 is 10.1 Å². The van der Waals surface area contributed by atoms with Gasteiger partial charge in [-0.25, -0.2) is 4.39 Å². The fourth-order valence-electron chi connectivity index (χ4n) is 2.00. The first-order valence-corrected chi connectivity index (χ1v) is 6.47. The Balaban J connectivity index is 2.02. The zero-order valence-corrected chi connectivity index (χ0v) is 10.9. The van der Waals surface area contributed by atoms with Crippen molar-refractivity contribution in [3.05, 3.63) is 41.2 Å². The number of carbonyl (C=O) groups is 1. The summed E-state index contributed by atoms with van der Waals surface area (Å²) in [6.07, 6.45) is 3.14. The van der Waals surface area contributed by atoms with Gasteiger partial charge in [-0.1, -0.05) is 18.2 Å². The minimum atomic E-state index is -0.508. The van der Waals surface area contributed by atoms with E-state index < -0.39 is 11.7 Å². The first-order chi connectivity index (χ1) is 9.70. The highest BCUT2D eigenvalue weighted by molar-refractivity contribution is 6.01. The van der Waals surface area contributed by atoms with Gasteiger partial charge in [-0.2, -0.15) is 5.26 Å². The number of hydrogen-bond donors (Lipinski definition) is 1. The molecule has 1 aliphatic rings. The highest BCUT2D eigenvalue weighted by Crippen LogP contribution is 2.13. The van der Waals surface area contributed by atoms with E-state index in [4.69, 9.17) is 10.00 Å². The van der Waals surface area contributed by atoms with Crippen LogP contribution in [0.2, 0.25) is 0 Å². The molecule has 0 saturated carbocycles. The Labute approximate surface area is 116 Å². The number of nitriles is 1. The van der Waals surface area contributed by atoms with Crippen LogP contribution in [0.5, 0.6) is 0 Å².